The molecule has 104 valence electrons. The molecule has 2 N–H and O–H groups in total. The molecule has 1 fully saturated rings. The largest absolute Gasteiger partial charge is 0.508 e. The Labute approximate surface area is 118 Å². The fourth-order valence-corrected chi connectivity index (χ4v) is 2.55. The Kier molecular flexibility index (Phi) is 3.36. The van der Waals surface area contributed by atoms with Crippen LogP contribution in [-0.2, 0) is 12.0 Å². The number of benzene rings is 2. The van der Waals surface area contributed by atoms with Crippen LogP contribution in [-0.4, -0.2) is 16.8 Å². The fourth-order valence-electron chi connectivity index (χ4n) is 2.55. The highest BCUT2D eigenvalue weighted by molar-refractivity contribution is 5.52. The maximum Gasteiger partial charge on any atom is 0.127 e. The average molecular weight is 270 g/mol. The van der Waals surface area contributed by atoms with Crippen LogP contribution in [0.25, 0.3) is 0 Å². The van der Waals surface area contributed by atoms with Crippen LogP contribution in [0.15, 0.2) is 48.5 Å². The molecule has 0 atom stereocenters. The summed E-state index contributed by atoms with van der Waals surface area (Å²) in [7, 11) is 0. The van der Waals surface area contributed by atoms with Gasteiger partial charge in [0, 0.05) is 11.0 Å². The van der Waals surface area contributed by atoms with E-state index in [2.05, 4.69) is 0 Å². The monoisotopic (exact) mass is 270 g/mol. The third-order valence-electron chi connectivity index (χ3n) is 3.93. The Balaban J connectivity index is 1.85. The molecule has 0 saturated heterocycles. The molecule has 0 aliphatic heterocycles. The lowest BCUT2D eigenvalue weighted by Gasteiger charge is -2.19. The molecule has 0 radical (unpaired) electrons. The summed E-state index contributed by atoms with van der Waals surface area (Å²) in [6.07, 6.45) is 1.78. The van der Waals surface area contributed by atoms with Crippen LogP contribution in [0.4, 0.5) is 0 Å². The minimum absolute atomic E-state index is 0.0479. The number of hydrogen-bond acceptors (Lipinski definition) is 3. The van der Waals surface area contributed by atoms with E-state index < -0.39 is 0 Å². The van der Waals surface area contributed by atoms with Crippen molar-refractivity contribution < 1.29 is 14.9 Å². The standard InChI is InChI=1S/C17H18O3/c18-12-17(9-10-17)16-14(19)7-4-8-15(16)20-11-13-5-2-1-3-6-13/h1-8,18-19H,9-12H2. The molecule has 2 aromatic carbocycles. The van der Waals surface area contributed by atoms with Crippen LogP contribution in [0.1, 0.15) is 24.0 Å². The summed E-state index contributed by atoms with van der Waals surface area (Å²) in [4.78, 5) is 0. The molecule has 20 heavy (non-hydrogen) atoms. The van der Waals surface area contributed by atoms with Crippen LogP contribution in [0.3, 0.4) is 0 Å². The molecule has 0 bridgehead atoms. The number of rotatable bonds is 5. The number of aliphatic hydroxyl groups excluding tert-OH is 1. The first-order chi connectivity index (χ1) is 9.75. The summed E-state index contributed by atoms with van der Waals surface area (Å²) in [5.41, 5.74) is 1.52. The lowest BCUT2D eigenvalue weighted by atomic mass is 9.95. The molecular formula is C17H18O3. The average Bonchev–Trinajstić information content (AvgIpc) is 3.27. The van der Waals surface area contributed by atoms with E-state index in [-0.39, 0.29) is 17.8 Å². The Hall–Kier alpha value is -2.00. The van der Waals surface area contributed by atoms with Crippen LogP contribution in [0, 0.1) is 0 Å². The van der Waals surface area contributed by atoms with Gasteiger partial charge in [0.25, 0.3) is 0 Å². The first kappa shape index (κ1) is 13.0. The fraction of sp³-hybridized carbons (Fsp3) is 0.294. The summed E-state index contributed by atoms with van der Waals surface area (Å²) in [6, 6.07) is 15.2. The molecule has 0 heterocycles. The van der Waals surface area contributed by atoms with Gasteiger partial charge in [-0.2, -0.15) is 0 Å². The quantitative estimate of drug-likeness (QED) is 0.878. The Morgan fingerprint density at radius 1 is 1.00 bits per heavy atom. The minimum Gasteiger partial charge on any atom is -0.508 e. The molecule has 1 aliphatic rings. The number of aromatic hydroxyl groups is 1. The van der Waals surface area contributed by atoms with E-state index in [9.17, 15) is 10.2 Å². The predicted molar refractivity (Wildman–Crippen MR) is 76.9 cm³/mol. The zero-order valence-electron chi connectivity index (χ0n) is 11.2. The highest BCUT2D eigenvalue weighted by atomic mass is 16.5. The lowest BCUT2D eigenvalue weighted by molar-refractivity contribution is 0.242. The summed E-state index contributed by atoms with van der Waals surface area (Å²) < 4.78 is 5.86. The van der Waals surface area contributed by atoms with Crippen molar-refractivity contribution in [2.75, 3.05) is 6.61 Å². The molecule has 2 aromatic rings. The zero-order chi connectivity index (χ0) is 14.0. The van der Waals surface area contributed by atoms with Gasteiger partial charge in [0.2, 0.25) is 0 Å². The molecule has 3 rings (SSSR count). The van der Waals surface area contributed by atoms with Gasteiger partial charge in [0.05, 0.1) is 6.61 Å². The maximum atomic E-state index is 10.1. The molecule has 3 nitrogen and oxygen atoms in total. The normalized spacial score (nSPS) is 15.8. The first-order valence-electron chi connectivity index (χ1n) is 6.85. The van der Waals surface area contributed by atoms with Gasteiger partial charge in [0.15, 0.2) is 0 Å². The number of aliphatic hydroxyl groups is 1. The van der Waals surface area contributed by atoms with Gasteiger partial charge in [-0.05, 0) is 30.5 Å². The topological polar surface area (TPSA) is 49.7 Å². The van der Waals surface area contributed by atoms with E-state index in [1.165, 1.54) is 0 Å². The molecule has 0 unspecified atom stereocenters. The van der Waals surface area contributed by atoms with Crippen LogP contribution in [0.5, 0.6) is 11.5 Å². The summed E-state index contributed by atoms with van der Waals surface area (Å²) >= 11 is 0. The van der Waals surface area contributed by atoms with E-state index in [1.54, 1.807) is 12.1 Å². The van der Waals surface area contributed by atoms with Crippen molar-refractivity contribution in [3.05, 3.63) is 59.7 Å². The molecule has 0 spiro atoms. The highest BCUT2D eigenvalue weighted by Crippen LogP contribution is 2.54. The molecular weight excluding hydrogens is 252 g/mol. The third kappa shape index (κ3) is 2.37. The van der Waals surface area contributed by atoms with Gasteiger partial charge in [-0.3, -0.25) is 0 Å². The van der Waals surface area contributed by atoms with Crippen LogP contribution >= 0.6 is 0 Å². The van der Waals surface area contributed by atoms with E-state index in [0.717, 1.165) is 24.0 Å². The molecule has 1 aliphatic carbocycles. The maximum absolute atomic E-state index is 10.1. The van der Waals surface area contributed by atoms with Crippen LogP contribution < -0.4 is 4.74 Å². The van der Waals surface area contributed by atoms with Crippen molar-refractivity contribution in [1.82, 2.24) is 0 Å². The summed E-state index contributed by atoms with van der Waals surface area (Å²) in [5, 5.41) is 19.7. The Morgan fingerprint density at radius 3 is 2.40 bits per heavy atom. The van der Waals surface area contributed by atoms with E-state index in [1.807, 2.05) is 36.4 Å². The van der Waals surface area contributed by atoms with Crippen molar-refractivity contribution >= 4 is 0 Å². The van der Waals surface area contributed by atoms with Gasteiger partial charge < -0.3 is 14.9 Å². The smallest absolute Gasteiger partial charge is 0.127 e. The summed E-state index contributed by atoms with van der Waals surface area (Å²) in [6.45, 7) is 0.505. The van der Waals surface area contributed by atoms with Crippen molar-refractivity contribution in [2.24, 2.45) is 0 Å². The number of hydrogen-bond donors (Lipinski definition) is 2. The van der Waals surface area contributed by atoms with E-state index in [4.69, 9.17) is 4.74 Å². The minimum atomic E-state index is -0.308. The van der Waals surface area contributed by atoms with Crippen molar-refractivity contribution in [3.8, 4) is 11.5 Å². The second kappa shape index (κ2) is 5.17. The van der Waals surface area contributed by atoms with Crippen molar-refractivity contribution in [2.45, 2.75) is 24.9 Å². The molecule has 0 amide bonds. The van der Waals surface area contributed by atoms with E-state index >= 15 is 0 Å². The van der Waals surface area contributed by atoms with Crippen molar-refractivity contribution in [1.29, 1.82) is 0 Å². The van der Waals surface area contributed by atoms with Gasteiger partial charge in [-0.1, -0.05) is 36.4 Å². The third-order valence-corrected chi connectivity index (χ3v) is 3.93. The number of phenolic OH excluding ortho intramolecular Hbond substituents is 1. The van der Waals surface area contributed by atoms with Gasteiger partial charge >= 0.3 is 0 Å². The molecule has 1 saturated carbocycles. The summed E-state index contributed by atoms with van der Waals surface area (Å²) in [5.74, 6) is 0.877. The lowest BCUT2D eigenvalue weighted by Crippen LogP contribution is -2.14. The van der Waals surface area contributed by atoms with Crippen LogP contribution in [0.2, 0.25) is 0 Å². The SMILES string of the molecule is OCC1(c2c(O)cccc2OCc2ccccc2)CC1. The highest BCUT2D eigenvalue weighted by Gasteiger charge is 2.47. The van der Waals surface area contributed by atoms with Crippen molar-refractivity contribution in [3.63, 3.8) is 0 Å². The first-order valence-corrected chi connectivity index (χ1v) is 6.85. The molecule has 0 aromatic heterocycles. The Bertz CT molecular complexity index is 588. The number of ether oxygens (including phenoxy) is 1. The number of phenols is 1. The second-order valence-electron chi connectivity index (χ2n) is 5.36. The van der Waals surface area contributed by atoms with Gasteiger partial charge in [-0.25, -0.2) is 0 Å². The second-order valence-corrected chi connectivity index (χ2v) is 5.36. The predicted octanol–water partition coefficient (Wildman–Crippen LogP) is 3.00. The Morgan fingerprint density at radius 2 is 1.75 bits per heavy atom. The van der Waals surface area contributed by atoms with Gasteiger partial charge in [-0.15, -0.1) is 0 Å². The molecule has 3 heteroatoms. The van der Waals surface area contributed by atoms with E-state index in [0.29, 0.717) is 12.4 Å². The van der Waals surface area contributed by atoms with Gasteiger partial charge in [0.1, 0.15) is 18.1 Å². The zero-order valence-corrected chi connectivity index (χ0v) is 11.2.